The summed E-state index contributed by atoms with van der Waals surface area (Å²) in [4.78, 5) is 70.5. The molecule has 6 fully saturated rings. The topological polar surface area (TPSA) is 916 Å². The van der Waals surface area contributed by atoms with E-state index in [1.807, 2.05) is 0 Å². The Labute approximate surface area is 798 Å². The molecule has 1 unspecified atom stereocenters. The fraction of sp³-hybridized carbons (Fsp3) is 0.746. The summed E-state index contributed by atoms with van der Waals surface area (Å²) in [6.07, 6.45) is 10.8. The number of carboxylic acid groups (broad SMARTS) is 5. The normalized spacial score (nSPS) is 24.6. The molecular formula is C71H136B5FN24O31S5. The highest BCUT2D eigenvalue weighted by Crippen LogP contribution is 2.40. The number of aliphatic carboxylic acids is 5. The second-order valence-corrected chi connectivity index (χ2v) is 43.8. The van der Waals surface area contributed by atoms with Crippen molar-refractivity contribution in [3.63, 3.8) is 0 Å². The van der Waals surface area contributed by atoms with E-state index in [9.17, 15) is 96.0 Å². The predicted octanol–water partition coefficient (Wildman–Crippen LogP) is -12.0. The fourth-order valence-electron chi connectivity index (χ4n) is 16.9. The van der Waals surface area contributed by atoms with Crippen molar-refractivity contribution in [3.8, 4) is 0 Å². The Kier molecular flexibility index (Phi) is 48.4. The lowest BCUT2D eigenvalue weighted by Crippen LogP contribution is -2.56. The Bertz CT molecular complexity index is 4700. The highest BCUT2D eigenvalue weighted by atomic mass is 32.2. The van der Waals surface area contributed by atoms with Crippen molar-refractivity contribution in [2.45, 2.75) is 149 Å². The molecule has 0 amide bonds. The van der Waals surface area contributed by atoms with Gasteiger partial charge in [0.2, 0.25) is 0 Å². The van der Waals surface area contributed by atoms with E-state index in [1.165, 1.54) is 21.1 Å². The summed E-state index contributed by atoms with van der Waals surface area (Å²) in [5, 5.41) is 141. The van der Waals surface area contributed by atoms with E-state index in [-0.39, 0.29) is 226 Å². The number of alkyl halides is 1. The number of nitrogens with zero attached hydrogens (tertiary/aromatic N) is 13. The van der Waals surface area contributed by atoms with E-state index in [2.05, 4.69) is 20.3 Å². The molecule has 6 aliphatic rings. The number of hydrogen-bond acceptors (Lipinski definition) is 40. The molecule has 55 nitrogen and oxygen atoms in total. The van der Waals surface area contributed by atoms with Gasteiger partial charge in [-0.2, -0.15) is 80.8 Å². The summed E-state index contributed by atoms with van der Waals surface area (Å²) in [7, 11) is -27.8. The number of anilines is 1. The van der Waals surface area contributed by atoms with E-state index in [1.54, 1.807) is 48.9 Å². The quantitative estimate of drug-likeness (QED) is 0.0233. The number of nitrogens with two attached hydrogens (primary N) is 10. The third-order valence-electron chi connectivity index (χ3n) is 24.6. The van der Waals surface area contributed by atoms with E-state index in [4.69, 9.17) is 112 Å². The number of oxazole rings is 1. The first-order valence-electron chi connectivity index (χ1n) is 44.2. The maximum absolute atomic E-state index is 13.2. The third kappa shape index (κ3) is 33.0. The van der Waals surface area contributed by atoms with Gasteiger partial charge in [-0.1, -0.05) is 38.2 Å². The molecule has 0 radical (unpaired) electrons. The van der Waals surface area contributed by atoms with Crippen LogP contribution in [0.3, 0.4) is 0 Å². The molecule has 3 aromatic heterocycles. The molecule has 778 valence electrons. The first-order chi connectivity index (χ1) is 64.1. The Morgan fingerprint density at radius 3 is 1.04 bits per heavy atom. The second-order valence-electron chi connectivity index (χ2n) is 34.3. The van der Waals surface area contributed by atoms with Crippen LogP contribution in [-0.4, -0.2) is 428 Å². The Balaban J connectivity index is 0.000000303. The molecule has 6 saturated heterocycles. The van der Waals surface area contributed by atoms with Crippen molar-refractivity contribution >= 4 is 122 Å². The molecule has 66 heteroatoms. The lowest BCUT2D eigenvalue weighted by atomic mass is 9.78. The number of nitrogens with one attached hydrogen (secondary N) is 1. The smallest absolute Gasteiger partial charge is 0.451 e. The van der Waals surface area contributed by atoms with Gasteiger partial charge in [0.05, 0.1) is 25.0 Å². The standard InChI is InChI=1S/2C16H28BN5O6S.C14H30BN5O6S.C13H24BN5O7S.C12H26BFN4O6S/c18-6-9-21(10-13-3-7-20-8-4-13)29(27,28)22-11-14(2-1-5-17(25)26)16(19,12-22)15(23)24;18-7-9-21(11-14-5-1-2-8-20-14)29(27,28)22-10-13(4-3-6-17(25)26)16(19,12-22)15(23)24;16-5-7-20(12-3-6-18-8-12)27(25,26)19-9-11(2-1-4-15(23)24)14(17,10-19)13(21)22;15-4-6-19(12-17-5-7-26-12)27(24,25)18-8-10(2-1-3-14(22)23)13(16,9-18)11(20)21;14-4-6-17(7-5-15)25(23,24)18-8-10(2-1-3-13(21)22)12(16,9-18)11(19)20/h3-4,7-8,14,25-26H,1-2,5-6,9-12,18-19H2,(H,23,24);1-2,5,8,13,25-26H,3-4,6-7,9-12,18-19H2,(H,23,24);11-12,18,23-24H,1-10,16-17H2,(H,21,22);5,7,10,22-23H,1-4,6,8-9,15-16H2,(H,20,21);10,21-22H,1-9,15-16H2,(H,19,20)/t14-,16-;13-,16-;11-,12?,14-;10-,13-;10-,12-/m00000/s1. The van der Waals surface area contributed by atoms with Gasteiger partial charge in [0.15, 0.2) is 0 Å². The minimum atomic E-state index is -4.18. The predicted molar refractivity (Wildman–Crippen MR) is 498 cm³/mol. The van der Waals surface area contributed by atoms with Crippen LogP contribution in [0.5, 0.6) is 0 Å². The number of hydrogen-bond donors (Lipinski definition) is 26. The van der Waals surface area contributed by atoms with Crippen molar-refractivity contribution in [2.75, 3.05) is 162 Å². The molecule has 0 saturated carbocycles. The zero-order chi connectivity index (χ0) is 103. The molecule has 0 aromatic carbocycles. The lowest BCUT2D eigenvalue weighted by molar-refractivity contribution is -0.145. The maximum atomic E-state index is 13.2. The van der Waals surface area contributed by atoms with Gasteiger partial charge in [-0.05, 0) is 106 Å². The molecule has 3 aromatic rings. The molecule has 9 heterocycles. The van der Waals surface area contributed by atoms with Crippen LogP contribution in [0.15, 0.2) is 65.8 Å². The van der Waals surface area contributed by atoms with Crippen LogP contribution < -0.4 is 67.0 Å². The van der Waals surface area contributed by atoms with Crippen LogP contribution in [0.1, 0.15) is 81.9 Å². The highest BCUT2D eigenvalue weighted by molar-refractivity contribution is 7.90. The molecule has 11 atom stereocenters. The SMILES string of the molecule is NCCN(C1CCNC1)S(=O)(=O)N1C[C@H](CCCB(O)O)[C@](N)(C(=O)O)C1.NCCN(CCF)S(=O)(=O)N1C[C@H](CCCB(O)O)[C@](N)(C(=O)O)C1.NCCN(Cc1ccccn1)S(=O)(=O)N1C[C@H](CCCB(O)O)[C@](N)(C(=O)O)C1.NCCN(Cc1ccncc1)S(=O)(=O)N1C[C@H](CCCB(O)O)[C@](N)(C(=O)O)C1.NCCN(c1ncco1)S(=O)(=O)N1C[C@H](CCCB(O)O)[C@](N)(C(=O)O)C1. The second kappa shape index (κ2) is 54.8. The summed E-state index contributed by atoms with van der Waals surface area (Å²) >= 11 is 0. The first kappa shape index (κ1) is 121. The van der Waals surface area contributed by atoms with Crippen molar-refractivity contribution in [1.82, 2.24) is 59.0 Å². The van der Waals surface area contributed by atoms with Crippen LogP contribution in [0.4, 0.5) is 10.4 Å². The van der Waals surface area contributed by atoms with Crippen molar-refractivity contribution in [3.05, 3.63) is 72.6 Å². The fourth-order valence-corrected chi connectivity index (χ4v) is 25.6. The zero-order valence-corrected chi connectivity index (χ0v) is 80.2. The monoisotopic (exact) mass is 2050 g/mol. The number of carbonyl (C=O) groups is 5. The average Bonchev–Trinajstić information content (AvgIpc) is 1.62. The summed E-state index contributed by atoms with van der Waals surface area (Å²) in [5.41, 5.74) is 50.4. The van der Waals surface area contributed by atoms with Crippen molar-refractivity contribution in [2.24, 2.45) is 86.9 Å². The Morgan fingerprint density at radius 2 is 0.752 bits per heavy atom. The average molecular weight is 2060 g/mol. The maximum Gasteiger partial charge on any atom is 0.451 e. The summed E-state index contributed by atoms with van der Waals surface area (Å²) < 4.78 is 159. The van der Waals surface area contributed by atoms with Crippen LogP contribution in [0, 0.1) is 29.6 Å². The minimum absolute atomic E-state index is 0.0000343. The van der Waals surface area contributed by atoms with Crippen LogP contribution in [0.2, 0.25) is 31.6 Å². The van der Waals surface area contributed by atoms with Gasteiger partial charge in [-0.25, -0.2) is 13.7 Å². The Morgan fingerprint density at radius 1 is 0.423 bits per heavy atom. The first-order valence-corrected chi connectivity index (χ1v) is 51.2. The van der Waals surface area contributed by atoms with Gasteiger partial charge in [0.25, 0.3) is 40.8 Å². The van der Waals surface area contributed by atoms with Gasteiger partial charge < -0.3 is 143 Å². The summed E-state index contributed by atoms with van der Waals surface area (Å²) in [6.45, 7) is -1.91. The van der Waals surface area contributed by atoms with Gasteiger partial charge in [-0.3, -0.25) is 33.9 Å². The molecule has 0 bridgehead atoms. The van der Waals surface area contributed by atoms with Gasteiger partial charge in [0.1, 0.15) is 40.6 Å². The van der Waals surface area contributed by atoms with Gasteiger partial charge >= 0.3 is 81.7 Å². The lowest BCUT2D eigenvalue weighted by Gasteiger charge is -2.31. The molecule has 36 N–H and O–H groups in total. The number of aromatic nitrogens is 3. The van der Waals surface area contributed by atoms with E-state index < -0.39 is 194 Å². The van der Waals surface area contributed by atoms with Crippen LogP contribution in [0.25, 0.3) is 0 Å². The minimum Gasteiger partial charge on any atom is -0.480 e. The third-order valence-corrected chi connectivity index (χ3v) is 34.2. The zero-order valence-electron chi connectivity index (χ0n) is 76.1. The van der Waals surface area contributed by atoms with Crippen molar-refractivity contribution < 1.29 is 151 Å². The molecular weight excluding hydrogens is 1920 g/mol. The highest BCUT2D eigenvalue weighted by Gasteiger charge is 2.59. The number of pyridine rings is 2. The molecule has 0 spiro atoms. The van der Waals surface area contributed by atoms with Gasteiger partial charge in [-0.15, -0.1) is 0 Å². The molecule has 0 aliphatic carbocycles. The number of rotatable bonds is 53. The molecule has 137 heavy (non-hydrogen) atoms. The van der Waals surface area contributed by atoms with Gasteiger partial charge in [0, 0.05) is 198 Å². The van der Waals surface area contributed by atoms with Crippen molar-refractivity contribution in [1.29, 1.82) is 0 Å². The summed E-state index contributed by atoms with van der Waals surface area (Å²) in [5.74, 6) is -9.85. The van der Waals surface area contributed by atoms with E-state index in [0.717, 1.165) is 40.0 Å². The number of carboxylic acids is 5. The molecule has 6 aliphatic heterocycles. The largest absolute Gasteiger partial charge is 0.480 e. The van der Waals surface area contributed by atoms with E-state index in [0.29, 0.717) is 44.5 Å². The van der Waals surface area contributed by atoms with E-state index >= 15 is 0 Å². The van der Waals surface area contributed by atoms with Crippen LogP contribution >= 0.6 is 0 Å². The molecule has 9 rings (SSSR count). The Hall–Kier alpha value is -6.54. The van der Waals surface area contributed by atoms with Crippen LogP contribution in [-0.2, 0) is 88.1 Å². The summed E-state index contributed by atoms with van der Waals surface area (Å²) in [6, 6.07) is 8.13. The number of halogens is 1.